The van der Waals surface area contributed by atoms with E-state index in [2.05, 4.69) is 5.32 Å². The summed E-state index contributed by atoms with van der Waals surface area (Å²) in [7, 11) is 1.52. The molecule has 0 atom stereocenters. The number of halogens is 3. The molecule has 0 aromatic heterocycles. The number of nitrogens with one attached hydrogen (secondary N) is 1. The summed E-state index contributed by atoms with van der Waals surface area (Å²) in [6, 6.07) is 11.2. The molecular formula is C19H19F3N2O3. The summed E-state index contributed by atoms with van der Waals surface area (Å²) in [5, 5.41) is 2.67. The first-order valence-corrected chi connectivity index (χ1v) is 8.06. The minimum absolute atomic E-state index is 0.196. The number of carbonyl (C=O) groups is 2. The number of methoxy groups -OCH3 is 1. The monoisotopic (exact) mass is 380 g/mol. The number of carbonyl (C=O) groups excluding carboxylic acids is 2. The molecule has 0 saturated carbocycles. The zero-order valence-corrected chi connectivity index (χ0v) is 14.8. The largest absolute Gasteiger partial charge is 0.496 e. The summed E-state index contributed by atoms with van der Waals surface area (Å²) >= 11 is 0. The van der Waals surface area contributed by atoms with Crippen molar-refractivity contribution in [2.24, 2.45) is 0 Å². The second kappa shape index (κ2) is 8.57. The zero-order valence-electron chi connectivity index (χ0n) is 14.8. The smallest absolute Gasteiger partial charge is 0.416 e. The molecular weight excluding hydrogens is 361 g/mol. The molecule has 2 aromatic rings. The molecule has 2 rings (SSSR count). The summed E-state index contributed by atoms with van der Waals surface area (Å²) in [4.78, 5) is 25.2. The van der Waals surface area contributed by atoms with E-state index in [1.807, 2.05) is 0 Å². The minimum atomic E-state index is -4.47. The molecule has 2 aromatic carbocycles. The van der Waals surface area contributed by atoms with Gasteiger partial charge >= 0.3 is 6.18 Å². The fourth-order valence-electron chi connectivity index (χ4n) is 2.46. The molecule has 0 aliphatic heterocycles. The van der Waals surface area contributed by atoms with Crippen molar-refractivity contribution in [3.8, 4) is 5.75 Å². The van der Waals surface area contributed by atoms with Crippen LogP contribution >= 0.6 is 0 Å². The Hall–Kier alpha value is -3.03. The lowest BCUT2D eigenvalue weighted by Crippen LogP contribution is -2.39. The predicted molar refractivity (Wildman–Crippen MR) is 94.3 cm³/mol. The highest BCUT2D eigenvalue weighted by atomic mass is 19.4. The standard InChI is InChI=1S/C19H19F3N2O3/c1-13(25)24(16-9-7-15(8-10-16)19(20,21)22)12-18(26)23-11-14-5-3-4-6-17(14)27-2/h3-10H,11-12H2,1-2H3,(H,23,26). The first kappa shape index (κ1) is 20.3. The van der Waals surface area contributed by atoms with Crippen LogP contribution in [0, 0.1) is 0 Å². The summed E-state index contributed by atoms with van der Waals surface area (Å²) in [5.41, 5.74) is 0.149. The Kier molecular flexibility index (Phi) is 6.44. The highest BCUT2D eigenvalue weighted by Gasteiger charge is 2.30. The average molecular weight is 380 g/mol. The Bertz CT molecular complexity index is 805. The van der Waals surface area contributed by atoms with E-state index in [0.717, 1.165) is 34.7 Å². The maximum Gasteiger partial charge on any atom is 0.416 e. The minimum Gasteiger partial charge on any atom is -0.496 e. The van der Waals surface area contributed by atoms with Crippen molar-refractivity contribution in [1.29, 1.82) is 0 Å². The highest BCUT2D eigenvalue weighted by molar-refractivity contribution is 5.97. The summed E-state index contributed by atoms with van der Waals surface area (Å²) in [5.74, 6) is -0.290. The van der Waals surface area contributed by atoms with Gasteiger partial charge in [-0.05, 0) is 30.3 Å². The summed E-state index contributed by atoms with van der Waals surface area (Å²) < 4.78 is 43.2. The van der Waals surface area contributed by atoms with Crippen molar-refractivity contribution >= 4 is 17.5 Å². The maximum absolute atomic E-state index is 12.7. The zero-order chi connectivity index (χ0) is 20.0. The number of hydrogen-bond donors (Lipinski definition) is 1. The van der Waals surface area contributed by atoms with E-state index < -0.39 is 23.6 Å². The molecule has 1 N–H and O–H groups in total. The van der Waals surface area contributed by atoms with Crippen LogP contribution in [0.25, 0.3) is 0 Å². The first-order chi connectivity index (χ1) is 12.7. The van der Waals surface area contributed by atoms with Crippen LogP contribution in [0.3, 0.4) is 0 Å². The molecule has 144 valence electrons. The van der Waals surface area contributed by atoms with Crippen LogP contribution < -0.4 is 15.0 Å². The van der Waals surface area contributed by atoms with E-state index in [1.54, 1.807) is 24.3 Å². The van der Waals surface area contributed by atoms with Crippen molar-refractivity contribution in [2.75, 3.05) is 18.6 Å². The number of hydrogen-bond acceptors (Lipinski definition) is 3. The Balaban J connectivity index is 2.05. The second-order valence-electron chi connectivity index (χ2n) is 5.74. The van der Waals surface area contributed by atoms with Gasteiger partial charge in [0.1, 0.15) is 12.3 Å². The normalized spacial score (nSPS) is 11.0. The van der Waals surface area contributed by atoms with Crippen LogP contribution in [0.4, 0.5) is 18.9 Å². The number of benzene rings is 2. The molecule has 0 fully saturated rings. The lowest BCUT2D eigenvalue weighted by molar-refractivity contribution is -0.137. The van der Waals surface area contributed by atoms with Gasteiger partial charge in [-0.25, -0.2) is 0 Å². The molecule has 0 aliphatic carbocycles. The molecule has 0 spiro atoms. The second-order valence-corrected chi connectivity index (χ2v) is 5.74. The van der Waals surface area contributed by atoms with Gasteiger partial charge in [0.05, 0.1) is 12.7 Å². The molecule has 0 bridgehead atoms. The number of rotatable bonds is 6. The third-order valence-electron chi connectivity index (χ3n) is 3.86. The van der Waals surface area contributed by atoms with E-state index in [9.17, 15) is 22.8 Å². The molecule has 5 nitrogen and oxygen atoms in total. The number of para-hydroxylation sites is 1. The van der Waals surface area contributed by atoms with E-state index in [-0.39, 0.29) is 18.8 Å². The Labute approximate surface area is 154 Å². The SMILES string of the molecule is COc1ccccc1CNC(=O)CN(C(C)=O)c1ccc(C(F)(F)F)cc1. The third kappa shape index (κ3) is 5.47. The number of nitrogens with zero attached hydrogens (tertiary/aromatic N) is 1. The first-order valence-electron chi connectivity index (χ1n) is 8.06. The highest BCUT2D eigenvalue weighted by Crippen LogP contribution is 2.30. The van der Waals surface area contributed by atoms with E-state index in [0.29, 0.717) is 5.75 Å². The quantitative estimate of drug-likeness (QED) is 0.836. The summed E-state index contributed by atoms with van der Waals surface area (Å²) in [6.07, 6.45) is -4.47. The van der Waals surface area contributed by atoms with Crippen LogP contribution in [-0.4, -0.2) is 25.5 Å². The summed E-state index contributed by atoms with van der Waals surface area (Å²) in [6.45, 7) is 1.13. The van der Waals surface area contributed by atoms with E-state index in [4.69, 9.17) is 4.74 Å². The molecule has 0 radical (unpaired) electrons. The van der Waals surface area contributed by atoms with Gasteiger partial charge in [0, 0.05) is 24.7 Å². The van der Waals surface area contributed by atoms with Crippen molar-refractivity contribution in [2.45, 2.75) is 19.6 Å². The predicted octanol–water partition coefficient (Wildman–Crippen LogP) is 3.38. The van der Waals surface area contributed by atoms with Gasteiger partial charge in [0.25, 0.3) is 0 Å². The Morgan fingerprint density at radius 2 is 1.70 bits per heavy atom. The average Bonchev–Trinajstić information content (AvgIpc) is 2.63. The molecule has 0 unspecified atom stereocenters. The van der Waals surface area contributed by atoms with Gasteiger partial charge in [-0.15, -0.1) is 0 Å². The third-order valence-corrected chi connectivity index (χ3v) is 3.86. The van der Waals surface area contributed by atoms with E-state index >= 15 is 0 Å². The van der Waals surface area contributed by atoms with Crippen LogP contribution in [0.15, 0.2) is 48.5 Å². The molecule has 27 heavy (non-hydrogen) atoms. The van der Waals surface area contributed by atoms with Crippen LogP contribution in [0.2, 0.25) is 0 Å². The van der Waals surface area contributed by atoms with Gasteiger partial charge < -0.3 is 15.0 Å². The number of amides is 2. The fourth-order valence-corrected chi connectivity index (χ4v) is 2.46. The van der Waals surface area contributed by atoms with Crippen LogP contribution in [0.5, 0.6) is 5.75 Å². The Morgan fingerprint density at radius 1 is 1.07 bits per heavy atom. The van der Waals surface area contributed by atoms with Crippen LogP contribution in [-0.2, 0) is 22.3 Å². The van der Waals surface area contributed by atoms with Crippen LogP contribution in [0.1, 0.15) is 18.1 Å². The Morgan fingerprint density at radius 3 is 2.26 bits per heavy atom. The van der Waals surface area contributed by atoms with Gasteiger partial charge in [-0.2, -0.15) is 13.2 Å². The maximum atomic E-state index is 12.7. The molecule has 0 saturated heterocycles. The fraction of sp³-hybridized carbons (Fsp3) is 0.263. The molecule has 0 aliphatic rings. The number of alkyl halides is 3. The lowest BCUT2D eigenvalue weighted by atomic mass is 10.2. The van der Waals surface area contributed by atoms with Gasteiger partial charge in [0.15, 0.2) is 0 Å². The van der Waals surface area contributed by atoms with Crippen molar-refractivity contribution < 1.29 is 27.5 Å². The van der Waals surface area contributed by atoms with E-state index in [1.165, 1.54) is 14.0 Å². The van der Waals surface area contributed by atoms with Gasteiger partial charge in [-0.1, -0.05) is 18.2 Å². The van der Waals surface area contributed by atoms with Gasteiger partial charge in [0.2, 0.25) is 11.8 Å². The number of ether oxygens (including phenoxy) is 1. The topological polar surface area (TPSA) is 58.6 Å². The lowest BCUT2D eigenvalue weighted by Gasteiger charge is -2.21. The molecule has 0 heterocycles. The van der Waals surface area contributed by atoms with Crippen molar-refractivity contribution in [1.82, 2.24) is 5.32 Å². The van der Waals surface area contributed by atoms with Gasteiger partial charge in [-0.3, -0.25) is 9.59 Å². The van der Waals surface area contributed by atoms with Crippen molar-refractivity contribution in [3.05, 3.63) is 59.7 Å². The van der Waals surface area contributed by atoms with Crippen molar-refractivity contribution in [3.63, 3.8) is 0 Å². The number of anilines is 1. The molecule has 2 amide bonds. The molecule has 8 heteroatoms.